The fraction of sp³-hybridized carbons (Fsp3) is 0. The smallest absolute Gasteiger partial charge is 0.0548 e. The first-order chi connectivity index (χ1) is 27.8. The Bertz CT molecular complexity index is 2990. The minimum absolute atomic E-state index is 1.15. The number of benzene rings is 9. The molecule has 11 rings (SSSR count). The fourth-order valence-electron chi connectivity index (χ4n) is 8.87. The largest absolute Gasteiger partial charge is 0.309 e. The molecule has 2 nitrogen and oxygen atoms in total. The molecule has 0 radical (unpaired) electrons. The van der Waals surface area contributed by atoms with Crippen molar-refractivity contribution in [3.05, 3.63) is 218 Å². The molecule has 0 aliphatic heterocycles. The maximum atomic E-state index is 2.44. The van der Waals surface area contributed by atoms with Gasteiger partial charge in [-0.1, -0.05) is 158 Å². The Morgan fingerprint density at radius 2 is 0.536 bits per heavy atom. The summed E-state index contributed by atoms with van der Waals surface area (Å²) in [7, 11) is 0. The molecule has 0 fully saturated rings. The number of para-hydroxylation sites is 2. The summed E-state index contributed by atoms with van der Waals surface area (Å²) in [6.45, 7) is 0. The molecule has 2 heterocycles. The van der Waals surface area contributed by atoms with Crippen molar-refractivity contribution in [1.82, 2.24) is 9.13 Å². The second kappa shape index (κ2) is 13.2. The molecule has 9 aromatic carbocycles. The molecule has 0 saturated carbocycles. The molecule has 0 unspecified atom stereocenters. The maximum Gasteiger partial charge on any atom is 0.0548 e. The van der Waals surface area contributed by atoms with Gasteiger partial charge in [-0.05, 0) is 105 Å². The van der Waals surface area contributed by atoms with Crippen molar-refractivity contribution in [2.24, 2.45) is 0 Å². The van der Waals surface area contributed by atoms with E-state index in [1.807, 2.05) is 0 Å². The van der Waals surface area contributed by atoms with Gasteiger partial charge < -0.3 is 9.13 Å². The Morgan fingerprint density at radius 3 is 0.911 bits per heavy atom. The summed E-state index contributed by atoms with van der Waals surface area (Å²) in [6.07, 6.45) is 0. The molecule has 2 heteroatoms. The van der Waals surface area contributed by atoms with Crippen molar-refractivity contribution in [2.45, 2.75) is 0 Å². The van der Waals surface area contributed by atoms with Crippen LogP contribution in [0.3, 0.4) is 0 Å². The summed E-state index contributed by atoms with van der Waals surface area (Å²) in [4.78, 5) is 0. The van der Waals surface area contributed by atoms with E-state index in [2.05, 4.69) is 228 Å². The van der Waals surface area contributed by atoms with Crippen LogP contribution in [0.4, 0.5) is 0 Å². The molecule has 0 aliphatic rings. The Hall–Kier alpha value is -7.42. The lowest BCUT2D eigenvalue weighted by Gasteiger charge is -2.11. The third-order valence-electron chi connectivity index (χ3n) is 11.3. The molecule has 2 aromatic heterocycles. The van der Waals surface area contributed by atoms with Gasteiger partial charge in [-0.2, -0.15) is 0 Å². The summed E-state index contributed by atoms with van der Waals surface area (Å²) in [5, 5.41) is 4.98. The molecule has 0 atom stereocenters. The van der Waals surface area contributed by atoms with Crippen LogP contribution in [-0.4, -0.2) is 9.13 Å². The first-order valence-electron chi connectivity index (χ1n) is 19.3. The zero-order chi connectivity index (χ0) is 37.0. The van der Waals surface area contributed by atoms with Gasteiger partial charge in [0, 0.05) is 32.9 Å². The van der Waals surface area contributed by atoms with Crippen molar-refractivity contribution in [2.75, 3.05) is 0 Å². The predicted octanol–water partition coefficient (Wildman–Crippen LogP) is 14.5. The van der Waals surface area contributed by atoms with Crippen LogP contribution >= 0.6 is 0 Å². The second-order valence-electron chi connectivity index (χ2n) is 14.5. The van der Waals surface area contributed by atoms with Crippen molar-refractivity contribution >= 4 is 43.6 Å². The number of rotatable bonds is 6. The number of fused-ring (bicyclic) bond motifs is 7. The summed E-state index contributed by atoms with van der Waals surface area (Å²) in [5.41, 5.74) is 16.8. The van der Waals surface area contributed by atoms with Gasteiger partial charge in [0.05, 0.1) is 22.1 Å². The fourth-order valence-corrected chi connectivity index (χ4v) is 8.87. The molecule has 0 spiro atoms. The summed E-state index contributed by atoms with van der Waals surface area (Å²) >= 11 is 0. The van der Waals surface area contributed by atoms with Gasteiger partial charge >= 0.3 is 0 Å². The predicted molar refractivity (Wildman–Crippen MR) is 237 cm³/mol. The van der Waals surface area contributed by atoms with Gasteiger partial charge in [-0.15, -0.1) is 0 Å². The molecule has 0 saturated heterocycles. The van der Waals surface area contributed by atoms with E-state index in [1.54, 1.807) is 0 Å². The third-order valence-corrected chi connectivity index (χ3v) is 11.3. The molecule has 262 valence electrons. The van der Waals surface area contributed by atoms with E-state index in [1.165, 1.54) is 88.1 Å². The van der Waals surface area contributed by atoms with E-state index in [9.17, 15) is 0 Å². The number of nitrogens with zero attached hydrogens (tertiary/aromatic N) is 2. The molecular weight excluding hydrogens is 677 g/mol. The molecule has 56 heavy (non-hydrogen) atoms. The van der Waals surface area contributed by atoms with Crippen LogP contribution in [0.5, 0.6) is 0 Å². The van der Waals surface area contributed by atoms with Gasteiger partial charge in [0.1, 0.15) is 0 Å². The van der Waals surface area contributed by atoms with Crippen LogP contribution in [-0.2, 0) is 0 Å². The lowest BCUT2D eigenvalue weighted by Crippen LogP contribution is -1.94. The van der Waals surface area contributed by atoms with Gasteiger partial charge in [0.15, 0.2) is 0 Å². The lowest BCUT2D eigenvalue weighted by molar-refractivity contribution is 1.17. The zero-order valence-electron chi connectivity index (χ0n) is 30.7. The minimum atomic E-state index is 1.15. The Morgan fingerprint density at radius 1 is 0.232 bits per heavy atom. The topological polar surface area (TPSA) is 9.86 Å². The quantitative estimate of drug-likeness (QED) is 0.162. The van der Waals surface area contributed by atoms with E-state index in [-0.39, 0.29) is 0 Å². The van der Waals surface area contributed by atoms with E-state index in [4.69, 9.17) is 0 Å². The van der Waals surface area contributed by atoms with Crippen molar-refractivity contribution in [3.63, 3.8) is 0 Å². The summed E-state index contributed by atoms with van der Waals surface area (Å²) < 4.78 is 4.88. The van der Waals surface area contributed by atoms with Crippen LogP contribution in [0, 0.1) is 0 Å². The van der Waals surface area contributed by atoms with Gasteiger partial charge in [0.25, 0.3) is 0 Å². The van der Waals surface area contributed by atoms with Gasteiger partial charge in [-0.25, -0.2) is 0 Å². The molecule has 0 aliphatic carbocycles. The Labute approximate surface area is 325 Å². The Kier molecular flexibility index (Phi) is 7.53. The van der Waals surface area contributed by atoms with E-state index >= 15 is 0 Å². The summed E-state index contributed by atoms with van der Waals surface area (Å²) in [6, 6.07) is 79.4. The number of aromatic nitrogens is 2. The first kappa shape index (κ1) is 32.0. The highest BCUT2D eigenvalue weighted by Crippen LogP contribution is 2.45. The van der Waals surface area contributed by atoms with Crippen molar-refractivity contribution in [3.8, 4) is 55.9 Å². The molecule has 0 bridgehead atoms. The summed E-state index contributed by atoms with van der Waals surface area (Å²) in [5.74, 6) is 0. The molecular formula is C54H36N2. The van der Waals surface area contributed by atoms with Crippen molar-refractivity contribution < 1.29 is 0 Å². The van der Waals surface area contributed by atoms with E-state index in [0.29, 0.717) is 0 Å². The van der Waals surface area contributed by atoms with Gasteiger partial charge in [0.2, 0.25) is 0 Å². The standard InChI is InChI=1S/C54H36N2/c1-5-17-37(18-6-1)43-25-13-15-27-45(43)39-29-31-49-47(35-39)53-51(55(49)41-21-9-3-10-22-41)33-34-52-54(53)48-36-40(30-32-50(48)56(52)42-23-11-4-12-24-42)46-28-16-14-26-44(46)38-19-7-2-8-20-38/h1-36H. The second-order valence-corrected chi connectivity index (χ2v) is 14.5. The molecule has 0 amide bonds. The Balaban J connectivity index is 1.27. The average molecular weight is 713 g/mol. The number of hydrogen-bond acceptors (Lipinski definition) is 0. The van der Waals surface area contributed by atoms with Gasteiger partial charge in [-0.3, -0.25) is 0 Å². The van der Waals surface area contributed by atoms with E-state index < -0.39 is 0 Å². The highest BCUT2D eigenvalue weighted by atomic mass is 15.0. The average Bonchev–Trinajstić information content (AvgIpc) is 3.79. The minimum Gasteiger partial charge on any atom is -0.309 e. The highest BCUT2D eigenvalue weighted by Gasteiger charge is 2.22. The molecule has 0 N–H and O–H groups in total. The van der Waals surface area contributed by atoms with Crippen LogP contribution in [0.2, 0.25) is 0 Å². The first-order valence-corrected chi connectivity index (χ1v) is 19.3. The van der Waals surface area contributed by atoms with Crippen LogP contribution in [0.15, 0.2) is 218 Å². The normalized spacial score (nSPS) is 11.6. The third kappa shape index (κ3) is 5.11. The zero-order valence-corrected chi connectivity index (χ0v) is 30.7. The lowest BCUT2D eigenvalue weighted by atomic mass is 9.93. The van der Waals surface area contributed by atoms with E-state index in [0.717, 1.165) is 11.4 Å². The van der Waals surface area contributed by atoms with Crippen LogP contribution < -0.4 is 0 Å². The maximum absolute atomic E-state index is 2.44. The van der Waals surface area contributed by atoms with Crippen LogP contribution in [0.1, 0.15) is 0 Å². The van der Waals surface area contributed by atoms with Crippen LogP contribution in [0.25, 0.3) is 99.5 Å². The highest BCUT2D eigenvalue weighted by molar-refractivity contribution is 6.29. The molecule has 11 aromatic rings. The SMILES string of the molecule is c1ccc(-c2ccccc2-c2ccc3c(c2)c2c4c5cc(-c6ccccc6-c6ccccc6)ccc5n(-c5ccccc5)c4ccc2n3-c2ccccc2)cc1. The monoisotopic (exact) mass is 712 g/mol. The van der Waals surface area contributed by atoms with Crippen molar-refractivity contribution in [1.29, 1.82) is 0 Å². The number of hydrogen-bond donors (Lipinski definition) is 0.